The van der Waals surface area contributed by atoms with E-state index in [1.54, 1.807) is 4.57 Å². The number of allylic oxidation sites excluding steroid dienone is 2. The third-order valence-electron chi connectivity index (χ3n) is 3.44. The predicted molar refractivity (Wildman–Crippen MR) is 70.5 cm³/mol. The quantitative estimate of drug-likeness (QED) is 0.755. The Hall–Kier alpha value is -2.16. The summed E-state index contributed by atoms with van der Waals surface area (Å²) in [5, 5.41) is 1.04. The fourth-order valence-electron chi connectivity index (χ4n) is 2.69. The minimum absolute atomic E-state index is 0.148. The lowest BCUT2D eigenvalue weighted by molar-refractivity contribution is -0.113. The monoisotopic (exact) mass is 239 g/mol. The largest absolute Gasteiger partial charge is 0.294 e. The molecular formula is C15H13NO2. The van der Waals surface area contributed by atoms with Gasteiger partial charge in [0, 0.05) is 5.39 Å². The van der Waals surface area contributed by atoms with Crippen molar-refractivity contribution in [3.8, 4) is 0 Å². The normalized spacial score (nSPS) is 14.4. The summed E-state index contributed by atoms with van der Waals surface area (Å²) in [6.07, 6.45) is 0.691. The zero-order chi connectivity index (χ0) is 12.9. The van der Waals surface area contributed by atoms with Gasteiger partial charge in [-0.3, -0.25) is 14.2 Å². The van der Waals surface area contributed by atoms with Crippen molar-refractivity contribution in [1.29, 1.82) is 0 Å². The maximum Gasteiger partial charge on any atom is 0.266 e. The van der Waals surface area contributed by atoms with Gasteiger partial charge < -0.3 is 0 Å². The van der Waals surface area contributed by atoms with Gasteiger partial charge in [0.2, 0.25) is 0 Å². The van der Waals surface area contributed by atoms with Gasteiger partial charge in [-0.2, -0.15) is 0 Å². The molecule has 1 aliphatic heterocycles. The Labute approximate surface area is 105 Å². The lowest BCUT2D eigenvalue weighted by Gasteiger charge is -2.00. The van der Waals surface area contributed by atoms with E-state index in [0.29, 0.717) is 12.0 Å². The smallest absolute Gasteiger partial charge is 0.266 e. The number of ketones is 1. The van der Waals surface area contributed by atoms with Crippen LogP contribution in [0.4, 0.5) is 0 Å². The molecule has 1 aliphatic rings. The molecule has 2 heterocycles. The van der Waals surface area contributed by atoms with Crippen molar-refractivity contribution in [3.05, 3.63) is 41.6 Å². The summed E-state index contributed by atoms with van der Waals surface area (Å²) in [6.45, 7) is 3.43. The summed E-state index contributed by atoms with van der Waals surface area (Å²) in [5.74, 6) is -0.333. The molecule has 0 fully saturated rings. The number of benzene rings is 1. The van der Waals surface area contributed by atoms with Gasteiger partial charge in [0.1, 0.15) is 0 Å². The second-order valence-corrected chi connectivity index (χ2v) is 4.49. The van der Waals surface area contributed by atoms with Crippen LogP contribution in [0.15, 0.2) is 35.9 Å². The van der Waals surface area contributed by atoms with Crippen molar-refractivity contribution >= 4 is 28.2 Å². The molecule has 0 atom stereocenters. The lowest BCUT2D eigenvalue weighted by Crippen LogP contribution is -2.13. The molecule has 0 saturated heterocycles. The molecule has 0 bridgehead atoms. The van der Waals surface area contributed by atoms with E-state index < -0.39 is 0 Å². The summed E-state index contributed by atoms with van der Waals surface area (Å²) < 4.78 is 1.66. The van der Waals surface area contributed by atoms with Crippen molar-refractivity contribution < 1.29 is 9.59 Å². The number of hydrogen-bond donors (Lipinski definition) is 0. The summed E-state index contributed by atoms with van der Waals surface area (Å²) in [5.41, 5.74) is 2.95. The van der Waals surface area contributed by atoms with Crippen molar-refractivity contribution in [2.24, 2.45) is 0 Å². The highest BCUT2D eigenvalue weighted by Crippen LogP contribution is 2.35. The van der Waals surface area contributed by atoms with E-state index in [9.17, 15) is 9.59 Å². The second-order valence-electron chi connectivity index (χ2n) is 4.49. The van der Waals surface area contributed by atoms with Crippen molar-refractivity contribution in [1.82, 2.24) is 4.57 Å². The van der Waals surface area contributed by atoms with Crippen molar-refractivity contribution in [3.63, 3.8) is 0 Å². The second kappa shape index (κ2) is 3.67. The molecule has 0 amide bonds. The van der Waals surface area contributed by atoms with Crippen LogP contribution in [-0.2, 0) is 4.79 Å². The molecule has 2 aromatic rings. The number of nitrogens with zero attached hydrogens (tertiary/aromatic N) is 1. The Morgan fingerprint density at radius 1 is 1.28 bits per heavy atom. The highest BCUT2D eigenvalue weighted by atomic mass is 16.2. The minimum atomic E-state index is -0.185. The molecule has 90 valence electrons. The Balaban J connectivity index is 2.37. The van der Waals surface area contributed by atoms with Gasteiger partial charge in [0.15, 0.2) is 5.78 Å². The van der Waals surface area contributed by atoms with Gasteiger partial charge in [-0.1, -0.05) is 25.1 Å². The molecule has 3 nitrogen and oxygen atoms in total. The zero-order valence-electron chi connectivity index (χ0n) is 10.4. The number of carbonyl (C=O) groups is 2. The number of Topliss-reactive ketones (excluding diaryl/α,β-unsaturated/α-hetero) is 1. The van der Waals surface area contributed by atoms with E-state index in [2.05, 4.69) is 0 Å². The first-order valence-corrected chi connectivity index (χ1v) is 6.04. The molecule has 3 rings (SSSR count). The molecule has 0 radical (unpaired) electrons. The van der Waals surface area contributed by atoms with Crippen molar-refractivity contribution in [2.75, 3.05) is 0 Å². The van der Waals surface area contributed by atoms with E-state index in [0.717, 1.165) is 22.2 Å². The van der Waals surface area contributed by atoms with Gasteiger partial charge in [-0.15, -0.1) is 0 Å². The van der Waals surface area contributed by atoms with Crippen LogP contribution < -0.4 is 0 Å². The molecular weight excluding hydrogens is 226 g/mol. The number of fused-ring (bicyclic) bond motifs is 3. The predicted octanol–water partition coefficient (Wildman–Crippen LogP) is 3.05. The van der Waals surface area contributed by atoms with Crippen LogP contribution in [0.1, 0.15) is 30.8 Å². The highest BCUT2D eigenvalue weighted by Gasteiger charge is 2.32. The number of carbonyl (C=O) groups excluding carboxylic acids is 2. The van der Waals surface area contributed by atoms with Gasteiger partial charge in [0.05, 0.1) is 16.8 Å². The average molecular weight is 239 g/mol. The van der Waals surface area contributed by atoms with E-state index in [-0.39, 0.29) is 11.7 Å². The molecule has 0 spiro atoms. The standard InChI is InChI=1S/C15H13NO2/c1-3-11-13-8-10-6-4-5-7-12(10)16(13)15(18)14(11)9(2)17/h4-8H,3H2,1-2H3. The maximum absolute atomic E-state index is 12.4. The Morgan fingerprint density at radius 2 is 2.00 bits per heavy atom. The fraction of sp³-hybridized carbons (Fsp3) is 0.200. The fourth-order valence-corrected chi connectivity index (χ4v) is 2.69. The van der Waals surface area contributed by atoms with Gasteiger partial charge in [-0.05, 0) is 31.1 Å². The Kier molecular flexibility index (Phi) is 2.23. The summed E-state index contributed by atoms with van der Waals surface area (Å²) in [7, 11) is 0. The summed E-state index contributed by atoms with van der Waals surface area (Å²) >= 11 is 0. The Bertz CT molecular complexity index is 719. The van der Waals surface area contributed by atoms with Crippen LogP contribution in [0.5, 0.6) is 0 Å². The first-order valence-electron chi connectivity index (χ1n) is 6.04. The first kappa shape index (κ1) is 11.0. The summed E-state index contributed by atoms with van der Waals surface area (Å²) in [6, 6.07) is 9.73. The molecule has 0 aliphatic carbocycles. The van der Waals surface area contributed by atoms with Crippen LogP contribution in [0.2, 0.25) is 0 Å². The van der Waals surface area contributed by atoms with E-state index >= 15 is 0 Å². The Morgan fingerprint density at radius 3 is 2.67 bits per heavy atom. The lowest BCUT2D eigenvalue weighted by atomic mass is 10.0. The number of para-hydroxylation sites is 1. The van der Waals surface area contributed by atoms with Crippen LogP contribution in [0.3, 0.4) is 0 Å². The van der Waals surface area contributed by atoms with E-state index in [1.165, 1.54) is 6.92 Å². The summed E-state index contributed by atoms with van der Waals surface area (Å²) in [4.78, 5) is 24.0. The van der Waals surface area contributed by atoms with Gasteiger partial charge in [0.25, 0.3) is 5.91 Å². The molecule has 1 aromatic heterocycles. The van der Waals surface area contributed by atoms with Crippen LogP contribution in [0, 0.1) is 0 Å². The number of rotatable bonds is 2. The molecule has 1 aromatic carbocycles. The number of hydrogen-bond acceptors (Lipinski definition) is 2. The van der Waals surface area contributed by atoms with E-state index in [1.807, 2.05) is 37.3 Å². The van der Waals surface area contributed by atoms with Gasteiger partial charge in [-0.25, -0.2) is 0 Å². The maximum atomic E-state index is 12.4. The molecule has 0 saturated carbocycles. The third kappa shape index (κ3) is 1.24. The number of aromatic nitrogens is 1. The van der Waals surface area contributed by atoms with Crippen molar-refractivity contribution in [2.45, 2.75) is 20.3 Å². The van der Waals surface area contributed by atoms with Crippen LogP contribution >= 0.6 is 0 Å². The molecule has 18 heavy (non-hydrogen) atoms. The molecule has 3 heteroatoms. The first-order chi connectivity index (χ1) is 8.65. The minimum Gasteiger partial charge on any atom is -0.294 e. The van der Waals surface area contributed by atoms with Crippen LogP contribution in [-0.4, -0.2) is 16.3 Å². The SMILES string of the molecule is CCC1=C(C(C)=O)C(=O)n2c1cc1ccccc12. The highest BCUT2D eigenvalue weighted by molar-refractivity contribution is 6.29. The zero-order valence-corrected chi connectivity index (χ0v) is 10.4. The van der Waals surface area contributed by atoms with E-state index in [4.69, 9.17) is 0 Å². The molecule has 0 unspecified atom stereocenters. The average Bonchev–Trinajstić information content (AvgIpc) is 2.84. The van der Waals surface area contributed by atoms with Gasteiger partial charge >= 0.3 is 0 Å². The molecule has 0 N–H and O–H groups in total. The van der Waals surface area contributed by atoms with Crippen LogP contribution in [0.25, 0.3) is 16.5 Å². The topological polar surface area (TPSA) is 39.1 Å². The third-order valence-corrected chi connectivity index (χ3v) is 3.44.